The number of carbonyl (C=O) groups excluding carboxylic acids is 1. The van der Waals surface area contributed by atoms with E-state index in [1.54, 1.807) is 7.11 Å². The number of nitrogens with one attached hydrogen (secondary N) is 1. The highest BCUT2D eigenvalue weighted by Crippen LogP contribution is 2.42. The van der Waals surface area contributed by atoms with Gasteiger partial charge in [-0.2, -0.15) is 5.26 Å². The average molecular weight is 348 g/mol. The SMILES string of the molecule is COc1cccc(-c2ccccc2C2CCCCC2C(=O)NCC#N)c1. The zero-order valence-electron chi connectivity index (χ0n) is 15.1. The van der Waals surface area contributed by atoms with Crippen LogP contribution in [0.3, 0.4) is 0 Å². The van der Waals surface area contributed by atoms with Crippen LogP contribution in [0.25, 0.3) is 11.1 Å². The molecule has 2 aromatic rings. The summed E-state index contributed by atoms with van der Waals surface area (Å²) in [5.74, 6) is 0.912. The van der Waals surface area contributed by atoms with E-state index in [-0.39, 0.29) is 24.3 Å². The Labute approximate surface area is 154 Å². The van der Waals surface area contributed by atoms with Crippen molar-refractivity contribution in [2.75, 3.05) is 13.7 Å². The molecule has 2 aromatic carbocycles. The molecule has 26 heavy (non-hydrogen) atoms. The van der Waals surface area contributed by atoms with Crippen molar-refractivity contribution in [3.8, 4) is 22.9 Å². The average Bonchev–Trinajstić information content (AvgIpc) is 2.72. The highest BCUT2D eigenvalue weighted by molar-refractivity contribution is 5.81. The minimum atomic E-state index is -0.0798. The molecule has 1 aliphatic rings. The zero-order valence-corrected chi connectivity index (χ0v) is 15.1. The maximum absolute atomic E-state index is 12.6. The fourth-order valence-electron chi connectivity index (χ4n) is 3.95. The van der Waals surface area contributed by atoms with Crippen molar-refractivity contribution < 1.29 is 9.53 Å². The second kappa shape index (κ2) is 8.53. The monoisotopic (exact) mass is 348 g/mol. The van der Waals surface area contributed by atoms with E-state index in [2.05, 4.69) is 23.5 Å². The Morgan fingerprint density at radius 3 is 2.81 bits per heavy atom. The van der Waals surface area contributed by atoms with Crippen molar-refractivity contribution in [2.24, 2.45) is 5.92 Å². The van der Waals surface area contributed by atoms with Gasteiger partial charge in [-0.1, -0.05) is 49.2 Å². The molecule has 1 amide bonds. The first-order valence-corrected chi connectivity index (χ1v) is 9.12. The predicted molar refractivity (Wildman–Crippen MR) is 102 cm³/mol. The van der Waals surface area contributed by atoms with Crippen molar-refractivity contribution in [1.82, 2.24) is 5.32 Å². The lowest BCUT2D eigenvalue weighted by Gasteiger charge is -2.32. The third kappa shape index (κ3) is 3.88. The number of methoxy groups -OCH3 is 1. The predicted octanol–water partition coefficient (Wildman–Crippen LogP) is 4.28. The number of nitrogens with zero attached hydrogens (tertiary/aromatic N) is 1. The first-order valence-electron chi connectivity index (χ1n) is 9.12. The van der Waals surface area contributed by atoms with E-state index in [1.807, 2.05) is 36.4 Å². The maximum Gasteiger partial charge on any atom is 0.224 e. The Balaban J connectivity index is 1.97. The zero-order chi connectivity index (χ0) is 18.4. The van der Waals surface area contributed by atoms with Crippen LogP contribution in [0.5, 0.6) is 5.75 Å². The number of hydrogen-bond acceptors (Lipinski definition) is 3. The van der Waals surface area contributed by atoms with Gasteiger partial charge >= 0.3 is 0 Å². The van der Waals surface area contributed by atoms with Gasteiger partial charge in [-0.3, -0.25) is 4.79 Å². The summed E-state index contributed by atoms with van der Waals surface area (Å²) in [6.07, 6.45) is 4.04. The lowest BCUT2D eigenvalue weighted by Crippen LogP contribution is -2.36. The van der Waals surface area contributed by atoms with E-state index in [0.717, 1.165) is 42.6 Å². The molecule has 0 saturated heterocycles. The van der Waals surface area contributed by atoms with E-state index < -0.39 is 0 Å². The lowest BCUT2D eigenvalue weighted by molar-refractivity contribution is -0.126. The molecule has 4 nitrogen and oxygen atoms in total. The van der Waals surface area contributed by atoms with Crippen LogP contribution in [0.4, 0.5) is 0 Å². The highest BCUT2D eigenvalue weighted by atomic mass is 16.5. The van der Waals surface area contributed by atoms with Crippen molar-refractivity contribution in [2.45, 2.75) is 31.6 Å². The van der Waals surface area contributed by atoms with Gasteiger partial charge in [0.1, 0.15) is 12.3 Å². The van der Waals surface area contributed by atoms with Crippen molar-refractivity contribution in [3.05, 3.63) is 54.1 Å². The maximum atomic E-state index is 12.6. The van der Waals surface area contributed by atoms with E-state index >= 15 is 0 Å². The third-order valence-electron chi connectivity index (χ3n) is 5.19. The molecule has 1 saturated carbocycles. The number of amides is 1. The van der Waals surface area contributed by atoms with Crippen LogP contribution in [-0.4, -0.2) is 19.6 Å². The summed E-state index contributed by atoms with van der Waals surface area (Å²) in [6.45, 7) is 0.0690. The van der Waals surface area contributed by atoms with Crippen molar-refractivity contribution in [3.63, 3.8) is 0 Å². The smallest absolute Gasteiger partial charge is 0.224 e. The summed E-state index contributed by atoms with van der Waals surface area (Å²) < 4.78 is 5.37. The molecule has 2 atom stereocenters. The largest absolute Gasteiger partial charge is 0.497 e. The van der Waals surface area contributed by atoms with Gasteiger partial charge in [-0.25, -0.2) is 0 Å². The van der Waals surface area contributed by atoms with Gasteiger partial charge in [0, 0.05) is 5.92 Å². The Morgan fingerprint density at radius 1 is 1.19 bits per heavy atom. The van der Waals surface area contributed by atoms with E-state index in [4.69, 9.17) is 10.00 Å². The molecule has 0 aliphatic heterocycles. The van der Waals surface area contributed by atoms with Gasteiger partial charge in [0.05, 0.1) is 13.2 Å². The van der Waals surface area contributed by atoms with Gasteiger partial charge in [0.25, 0.3) is 0 Å². The number of benzene rings is 2. The molecule has 4 heteroatoms. The number of hydrogen-bond donors (Lipinski definition) is 1. The summed E-state index contributed by atoms with van der Waals surface area (Å²) in [6, 6.07) is 18.4. The molecule has 2 unspecified atom stereocenters. The fraction of sp³-hybridized carbons (Fsp3) is 0.364. The molecule has 0 radical (unpaired) electrons. The Morgan fingerprint density at radius 2 is 2.00 bits per heavy atom. The van der Waals surface area contributed by atoms with Crippen LogP contribution >= 0.6 is 0 Å². The quantitative estimate of drug-likeness (QED) is 0.821. The Bertz CT molecular complexity index is 810. The van der Waals surface area contributed by atoms with Crippen LogP contribution in [-0.2, 0) is 4.79 Å². The Hall–Kier alpha value is -2.80. The number of nitriles is 1. The van der Waals surface area contributed by atoms with Crippen molar-refractivity contribution in [1.29, 1.82) is 5.26 Å². The number of rotatable bonds is 5. The molecule has 1 N–H and O–H groups in total. The van der Waals surface area contributed by atoms with Gasteiger partial charge < -0.3 is 10.1 Å². The van der Waals surface area contributed by atoms with Crippen LogP contribution in [0.2, 0.25) is 0 Å². The molecule has 134 valence electrons. The van der Waals surface area contributed by atoms with Gasteiger partial charge in [0.2, 0.25) is 5.91 Å². The number of carbonyl (C=O) groups is 1. The first-order chi connectivity index (χ1) is 12.7. The standard InChI is InChI=1S/C22H24N2O2/c1-26-17-8-6-7-16(15-17)18-9-2-3-10-19(18)20-11-4-5-12-21(20)22(25)24-14-13-23/h2-3,6-10,15,20-21H,4-5,11-12,14H2,1H3,(H,24,25). The summed E-state index contributed by atoms with van der Waals surface area (Å²) in [5, 5.41) is 11.5. The molecular formula is C22H24N2O2. The molecule has 0 aromatic heterocycles. The Kier molecular flexibility index (Phi) is 5.91. The number of ether oxygens (including phenoxy) is 1. The second-order valence-corrected chi connectivity index (χ2v) is 6.69. The highest BCUT2D eigenvalue weighted by Gasteiger charge is 2.33. The van der Waals surface area contributed by atoms with E-state index in [0.29, 0.717) is 0 Å². The van der Waals surface area contributed by atoms with Crippen LogP contribution in [0, 0.1) is 17.2 Å². The van der Waals surface area contributed by atoms with Gasteiger partial charge in [0.15, 0.2) is 0 Å². The second-order valence-electron chi connectivity index (χ2n) is 6.69. The summed E-state index contributed by atoms with van der Waals surface area (Å²) in [7, 11) is 1.67. The molecule has 3 rings (SSSR count). The van der Waals surface area contributed by atoms with E-state index in [9.17, 15) is 4.79 Å². The first kappa shape index (κ1) is 18.0. The topological polar surface area (TPSA) is 62.1 Å². The molecule has 1 aliphatic carbocycles. The lowest BCUT2D eigenvalue weighted by atomic mass is 9.73. The molecule has 0 heterocycles. The minimum absolute atomic E-state index is 0.00306. The summed E-state index contributed by atoms with van der Waals surface area (Å²) >= 11 is 0. The van der Waals surface area contributed by atoms with Crippen molar-refractivity contribution >= 4 is 5.91 Å². The van der Waals surface area contributed by atoms with Crippen LogP contribution in [0.1, 0.15) is 37.2 Å². The summed E-state index contributed by atoms with van der Waals surface area (Å²) in [5.41, 5.74) is 3.45. The van der Waals surface area contributed by atoms with E-state index in [1.165, 1.54) is 5.56 Å². The third-order valence-corrected chi connectivity index (χ3v) is 5.19. The van der Waals surface area contributed by atoms with Crippen LogP contribution in [0.15, 0.2) is 48.5 Å². The van der Waals surface area contributed by atoms with Crippen LogP contribution < -0.4 is 10.1 Å². The minimum Gasteiger partial charge on any atom is -0.497 e. The van der Waals surface area contributed by atoms with Gasteiger partial charge in [-0.05, 0) is 47.6 Å². The normalized spacial score (nSPS) is 19.4. The molecule has 0 spiro atoms. The molecule has 0 bridgehead atoms. The fourth-order valence-corrected chi connectivity index (χ4v) is 3.95. The molecular weight excluding hydrogens is 324 g/mol. The molecule has 1 fully saturated rings. The summed E-state index contributed by atoms with van der Waals surface area (Å²) in [4.78, 5) is 12.6. The van der Waals surface area contributed by atoms with Gasteiger partial charge in [-0.15, -0.1) is 0 Å².